The van der Waals surface area contributed by atoms with Gasteiger partial charge in [0.1, 0.15) is 5.25 Å². The molecule has 4 nitrogen and oxygen atoms in total. The molecule has 0 aromatic carbocycles. The van der Waals surface area contributed by atoms with E-state index in [-0.39, 0.29) is 11.2 Å². The number of ether oxygens (including phenoxy) is 1. The number of nitrogens with zero attached hydrogens (tertiary/aromatic N) is 2. The van der Waals surface area contributed by atoms with E-state index in [4.69, 9.17) is 4.74 Å². The lowest BCUT2D eigenvalue weighted by atomic mass is 10.3. The molecule has 84 valence electrons. The lowest BCUT2D eigenvalue weighted by Crippen LogP contribution is -2.18. The monoisotopic (exact) mass is 228 g/mol. The Labute approximate surface area is 94.0 Å². The summed E-state index contributed by atoms with van der Waals surface area (Å²) in [6, 6.07) is 0. The molecule has 0 saturated carbocycles. The molecule has 1 atom stereocenters. The Morgan fingerprint density at radius 3 is 2.93 bits per heavy atom. The van der Waals surface area contributed by atoms with Crippen molar-refractivity contribution < 1.29 is 9.53 Å². The summed E-state index contributed by atoms with van der Waals surface area (Å²) < 4.78 is 6.74. The first-order chi connectivity index (χ1) is 7.22. The number of imidazole rings is 1. The maximum atomic E-state index is 11.4. The van der Waals surface area contributed by atoms with Crippen molar-refractivity contribution >= 4 is 17.7 Å². The molecule has 1 aromatic rings. The fourth-order valence-corrected chi connectivity index (χ4v) is 2.27. The Morgan fingerprint density at radius 2 is 2.40 bits per heavy atom. The van der Waals surface area contributed by atoms with E-state index in [1.165, 1.54) is 18.9 Å². The van der Waals surface area contributed by atoms with Gasteiger partial charge in [-0.05, 0) is 13.3 Å². The summed E-state index contributed by atoms with van der Waals surface area (Å²) in [5.74, 6) is -0.187. The fourth-order valence-electron chi connectivity index (χ4n) is 1.21. The van der Waals surface area contributed by atoms with Gasteiger partial charge in [0.15, 0.2) is 5.16 Å². The van der Waals surface area contributed by atoms with Gasteiger partial charge < -0.3 is 9.30 Å². The molecule has 0 aliphatic rings. The summed E-state index contributed by atoms with van der Waals surface area (Å²) in [6.07, 6.45) is 4.40. The van der Waals surface area contributed by atoms with Crippen LogP contribution in [0.2, 0.25) is 0 Å². The largest absolute Gasteiger partial charge is 0.468 e. The Bertz CT molecular complexity index is 325. The summed E-state index contributed by atoms with van der Waals surface area (Å²) in [6.45, 7) is 4.87. The van der Waals surface area contributed by atoms with Gasteiger partial charge in [0.25, 0.3) is 0 Å². The van der Waals surface area contributed by atoms with E-state index in [0.29, 0.717) is 0 Å². The molecule has 0 spiro atoms. The molecule has 0 amide bonds. The zero-order chi connectivity index (χ0) is 11.3. The maximum Gasteiger partial charge on any atom is 0.319 e. The lowest BCUT2D eigenvalue weighted by Gasteiger charge is -2.11. The molecule has 15 heavy (non-hydrogen) atoms. The van der Waals surface area contributed by atoms with Gasteiger partial charge in [-0.15, -0.1) is 0 Å². The summed E-state index contributed by atoms with van der Waals surface area (Å²) in [4.78, 5) is 15.6. The van der Waals surface area contributed by atoms with Crippen molar-refractivity contribution in [2.45, 2.75) is 37.2 Å². The number of aryl methyl sites for hydroxylation is 1. The normalized spacial score (nSPS) is 12.5. The van der Waals surface area contributed by atoms with Gasteiger partial charge in [-0.3, -0.25) is 4.79 Å². The van der Waals surface area contributed by atoms with Crippen molar-refractivity contribution in [3.05, 3.63) is 12.4 Å². The van der Waals surface area contributed by atoms with Crippen LogP contribution in [0.4, 0.5) is 0 Å². The first-order valence-corrected chi connectivity index (χ1v) is 5.86. The third-order valence-corrected chi connectivity index (χ3v) is 3.46. The van der Waals surface area contributed by atoms with Gasteiger partial charge >= 0.3 is 5.97 Å². The fraction of sp³-hybridized carbons (Fsp3) is 0.600. The maximum absolute atomic E-state index is 11.4. The summed E-state index contributed by atoms with van der Waals surface area (Å²) in [5, 5.41) is 0.706. The predicted molar refractivity (Wildman–Crippen MR) is 59.9 cm³/mol. The summed E-state index contributed by atoms with van der Waals surface area (Å²) >= 11 is 1.46. The van der Waals surface area contributed by atoms with Crippen LogP contribution in [0.1, 0.15) is 20.3 Å². The zero-order valence-corrected chi connectivity index (χ0v) is 10.1. The van der Waals surface area contributed by atoms with Crippen molar-refractivity contribution in [2.24, 2.45) is 0 Å². The Morgan fingerprint density at radius 1 is 1.67 bits per heavy atom. The highest BCUT2D eigenvalue weighted by atomic mass is 32.2. The van der Waals surface area contributed by atoms with Gasteiger partial charge in [-0.25, -0.2) is 4.98 Å². The molecule has 0 N–H and O–H groups in total. The second kappa shape index (κ2) is 5.80. The van der Waals surface area contributed by atoms with E-state index in [1.807, 2.05) is 24.6 Å². The molecule has 0 bridgehead atoms. The number of esters is 1. The first-order valence-electron chi connectivity index (χ1n) is 4.98. The van der Waals surface area contributed by atoms with Crippen LogP contribution in [0.3, 0.4) is 0 Å². The zero-order valence-electron chi connectivity index (χ0n) is 9.27. The van der Waals surface area contributed by atoms with Crippen LogP contribution < -0.4 is 0 Å². The van der Waals surface area contributed by atoms with Crippen LogP contribution in [0.15, 0.2) is 17.6 Å². The molecule has 0 radical (unpaired) electrons. The Balaban J connectivity index is 2.70. The molecule has 0 unspecified atom stereocenters. The number of rotatable bonds is 5. The number of carbonyl (C=O) groups excluding carboxylic acids is 1. The molecule has 1 aromatic heterocycles. The van der Waals surface area contributed by atoms with Crippen molar-refractivity contribution in [1.29, 1.82) is 0 Å². The van der Waals surface area contributed by atoms with E-state index < -0.39 is 0 Å². The molecular weight excluding hydrogens is 212 g/mol. The van der Waals surface area contributed by atoms with E-state index in [2.05, 4.69) is 4.98 Å². The highest BCUT2D eigenvalue weighted by Crippen LogP contribution is 2.24. The smallest absolute Gasteiger partial charge is 0.319 e. The third-order valence-electron chi connectivity index (χ3n) is 2.10. The van der Waals surface area contributed by atoms with Crippen molar-refractivity contribution in [3.8, 4) is 0 Å². The van der Waals surface area contributed by atoms with Gasteiger partial charge in [-0.1, -0.05) is 18.7 Å². The van der Waals surface area contributed by atoms with Crippen LogP contribution >= 0.6 is 11.8 Å². The van der Waals surface area contributed by atoms with Crippen LogP contribution in [-0.2, 0) is 16.1 Å². The topological polar surface area (TPSA) is 44.1 Å². The van der Waals surface area contributed by atoms with Crippen LogP contribution in [-0.4, -0.2) is 27.9 Å². The molecule has 0 saturated heterocycles. The minimum absolute atomic E-state index is 0.164. The highest BCUT2D eigenvalue weighted by molar-refractivity contribution is 8.00. The SMILES string of the molecule is CC[C@H](Sc1nccn1CC)C(=O)OC. The standard InChI is InChI=1S/C10H16N2O2S/c1-4-8(9(13)14-3)15-10-11-6-7-12(10)5-2/h6-8H,4-5H2,1-3H3/t8-/m0/s1. The second-order valence-corrected chi connectivity index (χ2v) is 4.20. The minimum atomic E-state index is -0.187. The average Bonchev–Trinajstić information content (AvgIpc) is 2.71. The Kier molecular flexibility index (Phi) is 4.68. The van der Waals surface area contributed by atoms with Crippen molar-refractivity contribution in [1.82, 2.24) is 9.55 Å². The molecule has 5 heteroatoms. The van der Waals surface area contributed by atoms with Gasteiger partial charge in [-0.2, -0.15) is 0 Å². The number of methoxy groups -OCH3 is 1. The second-order valence-electron chi connectivity index (χ2n) is 3.03. The first kappa shape index (κ1) is 12.1. The minimum Gasteiger partial charge on any atom is -0.468 e. The molecule has 1 heterocycles. The summed E-state index contributed by atoms with van der Waals surface area (Å²) in [7, 11) is 1.41. The number of hydrogen-bond acceptors (Lipinski definition) is 4. The van der Waals surface area contributed by atoms with E-state index in [1.54, 1.807) is 6.20 Å². The van der Waals surface area contributed by atoms with E-state index in [9.17, 15) is 4.79 Å². The average molecular weight is 228 g/mol. The van der Waals surface area contributed by atoms with Gasteiger partial charge in [0.05, 0.1) is 7.11 Å². The number of aromatic nitrogens is 2. The van der Waals surface area contributed by atoms with Crippen LogP contribution in [0.5, 0.6) is 0 Å². The number of carbonyl (C=O) groups is 1. The number of hydrogen-bond donors (Lipinski definition) is 0. The van der Waals surface area contributed by atoms with Crippen molar-refractivity contribution in [3.63, 3.8) is 0 Å². The Hall–Kier alpha value is -0.970. The molecular formula is C10H16N2O2S. The molecule has 0 aliphatic heterocycles. The quantitative estimate of drug-likeness (QED) is 0.570. The van der Waals surface area contributed by atoms with Crippen molar-refractivity contribution in [2.75, 3.05) is 7.11 Å². The van der Waals surface area contributed by atoms with Gasteiger partial charge in [0, 0.05) is 18.9 Å². The molecule has 0 aliphatic carbocycles. The van der Waals surface area contributed by atoms with Gasteiger partial charge in [0.2, 0.25) is 0 Å². The molecule has 0 fully saturated rings. The lowest BCUT2D eigenvalue weighted by molar-refractivity contribution is -0.140. The third kappa shape index (κ3) is 2.99. The predicted octanol–water partition coefficient (Wildman–Crippen LogP) is 1.95. The highest BCUT2D eigenvalue weighted by Gasteiger charge is 2.20. The van der Waals surface area contributed by atoms with E-state index in [0.717, 1.165) is 18.1 Å². The number of thioether (sulfide) groups is 1. The van der Waals surface area contributed by atoms with Crippen LogP contribution in [0, 0.1) is 0 Å². The van der Waals surface area contributed by atoms with E-state index >= 15 is 0 Å². The molecule has 1 rings (SSSR count). The van der Waals surface area contributed by atoms with Crippen LogP contribution in [0.25, 0.3) is 0 Å². The summed E-state index contributed by atoms with van der Waals surface area (Å²) in [5.41, 5.74) is 0.